The average Bonchev–Trinajstić information content (AvgIpc) is 2.76. The van der Waals surface area contributed by atoms with Crippen LogP contribution in [0.1, 0.15) is 34.4 Å². The number of hydrogen-bond donors (Lipinski definition) is 1. The number of allylic oxidation sites excluding steroid dienone is 1. The molecule has 1 amide bonds. The predicted octanol–water partition coefficient (Wildman–Crippen LogP) is 3.75. The van der Waals surface area contributed by atoms with Gasteiger partial charge in [-0.05, 0) is 43.7 Å². The molecule has 0 saturated heterocycles. The zero-order valence-electron chi connectivity index (χ0n) is 12.3. The van der Waals surface area contributed by atoms with Crippen molar-refractivity contribution in [3.63, 3.8) is 0 Å². The summed E-state index contributed by atoms with van der Waals surface area (Å²) in [6.45, 7) is 5.05. The number of ketones is 1. The molecular formula is C17H17NO3. The number of carbonyl (C=O) groups is 2. The van der Waals surface area contributed by atoms with E-state index < -0.39 is 0 Å². The summed E-state index contributed by atoms with van der Waals surface area (Å²) in [5.41, 5.74) is 2.20. The summed E-state index contributed by atoms with van der Waals surface area (Å²) in [5.74, 6) is 1.15. The van der Waals surface area contributed by atoms with Gasteiger partial charge in [0.15, 0.2) is 5.78 Å². The topological polar surface area (TPSA) is 59.3 Å². The van der Waals surface area contributed by atoms with Gasteiger partial charge < -0.3 is 9.73 Å². The Bertz CT molecular complexity index is 693. The molecule has 0 fully saturated rings. The zero-order chi connectivity index (χ0) is 15.4. The van der Waals surface area contributed by atoms with Crippen LogP contribution < -0.4 is 5.32 Å². The van der Waals surface area contributed by atoms with Crippen LogP contribution in [-0.4, -0.2) is 11.7 Å². The monoisotopic (exact) mass is 283 g/mol. The first-order valence-corrected chi connectivity index (χ1v) is 6.63. The van der Waals surface area contributed by atoms with Crippen molar-refractivity contribution in [1.29, 1.82) is 0 Å². The van der Waals surface area contributed by atoms with Crippen LogP contribution in [0.5, 0.6) is 0 Å². The van der Waals surface area contributed by atoms with Crippen molar-refractivity contribution in [1.82, 2.24) is 0 Å². The van der Waals surface area contributed by atoms with Crippen LogP contribution in [0.15, 0.2) is 40.8 Å². The maximum Gasteiger partial charge on any atom is 0.221 e. The molecule has 21 heavy (non-hydrogen) atoms. The van der Waals surface area contributed by atoms with Crippen molar-refractivity contribution in [2.45, 2.75) is 20.8 Å². The quantitative estimate of drug-likeness (QED) is 0.686. The Balaban J connectivity index is 2.08. The van der Waals surface area contributed by atoms with Crippen LogP contribution in [0.25, 0.3) is 6.08 Å². The summed E-state index contributed by atoms with van der Waals surface area (Å²) in [4.78, 5) is 23.0. The lowest BCUT2D eigenvalue weighted by Crippen LogP contribution is -2.05. The highest BCUT2D eigenvalue weighted by Crippen LogP contribution is 2.16. The predicted molar refractivity (Wildman–Crippen MR) is 82.3 cm³/mol. The fourth-order valence-corrected chi connectivity index (χ4v) is 2.02. The van der Waals surface area contributed by atoms with Gasteiger partial charge in [0, 0.05) is 12.6 Å². The third kappa shape index (κ3) is 3.92. The van der Waals surface area contributed by atoms with Gasteiger partial charge in [-0.1, -0.05) is 18.2 Å². The smallest absolute Gasteiger partial charge is 0.221 e. The normalized spacial score (nSPS) is 10.8. The summed E-state index contributed by atoms with van der Waals surface area (Å²) < 4.78 is 5.35. The van der Waals surface area contributed by atoms with Crippen LogP contribution in [0, 0.1) is 13.8 Å². The fourth-order valence-electron chi connectivity index (χ4n) is 2.02. The van der Waals surface area contributed by atoms with E-state index in [2.05, 4.69) is 5.32 Å². The van der Waals surface area contributed by atoms with Gasteiger partial charge in [0.25, 0.3) is 0 Å². The molecule has 0 saturated carbocycles. The molecule has 0 spiro atoms. The molecule has 0 unspecified atom stereocenters. The van der Waals surface area contributed by atoms with Crippen molar-refractivity contribution in [2.24, 2.45) is 0 Å². The number of benzene rings is 1. The van der Waals surface area contributed by atoms with Gasteiger partial charge in [0.05, 0.1) is 5.56 Å². The van der Waals surface area contributed by atoms with Crippen LogP contribution >= 0.6 is 0 Å². The second-order valence-electron chi connectivity index (χ2n) is 4.83. The van der Waals surface area contributed by atoms with E-state index in [-0.39, 0.29) is 11.7 Å². The Kier molecular flexibility index (Phi) is 4.38. The maximum absolute atomic E-state index is 12.1. The maximum atomic E-state index is 12.1. The van der Waals surface area contributed by atoms with E-state index in [0.29, 0.717) is 11.3 Å². The Morgan fingerprint density at radius 2 is 1.81 bits per heavy atom. The lowest BCUT2D eigenvalue weighted by molar-refractivity contribution is -0.114. The molecule has 4 nitrogen and oxygen atoms in total. The van der Waals surface area contributed by atoms with E-state index in [0.717, 1.165) is 17.0 Å². The Hall–Kier alpha value is -2.62. The number of nitrogens with one attached hydrogen (secondary N) is 1. The Morgan fingerprint density at radius 1 is 1.14 bits per heavy atom. The van der Waals surface area contributed by atoms with Gasteiger partial charge in [-0.2, -0.15) is 0 Å². The molecule has 4 heteroatoms. The third-order valence-corrected chi connectivity index (χ3v) is 2.96. The number of aryl methyl sites for hydroxylation is 2. The van der Waals surface area contributed by atoms with Crippen LogP contribution in [0.4, 0.5) is 5.69 Å². The van der Waals surface area contributed by atoms with Gasteiger partial charge in [0.2, 0.25) is 5.91 Å². The van der Waals surface area contributed by atoms with Crippen molar-refractivity contribution in [3.8, 4) is 0 Å². The zero-order valence-corrected chi connectivity index (χ0v) is 12.3. The first kappa shape index (κ1) is 14.8. The summed E-state index contributed by atoms with van der Waals surface area (Å²) in [6, 6.07) is 8.99. The molecule has 0 aliphatic heterocycles. The molecule has 1 heterocycles. The van der Waals surface area contributed by atoms with Crippen molar-refractivity contribution < 1.29 is 14.0 Å². The molecule has 2 aromatic rings. The molecule has 1 aromatic heterocycles. The summed E-state index contributed by atoms with van der Waals surface area (Å²) in [7, 11) is 0. The first-order chi connectivity index (χ1) is 9.95. The highest BCUT2D eigenvalue weighted by Gasteiger charge is 2.10. The molecule has 0 radical (unpaired) electrons. The van der Waals surface area contributed by atoms with Crippen molar-refractivity contribution >= 4 is 23.5 Å². The van der Waals surface area contributed by atoms with E-state index in [4.69, 9.17) is 4.42 Å². The molecular weight excluding hydrogens is 266 g/mol. The molecule has 0 aliphatic carbocycles. The van der Waals surface area contributed by atoms with Crippen LogP contribution in [0.3, 0.4) is 0 Å². The average molecular weight is 283 g/mol. The summed E-state index contributed by atoms with van der Waals surface area (Å²) in [6.07, 6.45) is 3.26. The van der Waals surface area contributed by atoms with E-state index in [1.807, 2.05) is 19.1 Å². The highest BCUT2D eigenvalue weighted by atomic mass is 16.3. The molecule has 0 bridgehead atoms. The van der Waals surface area contributed by atoms with E-state index in [1.165, 1.54) is 13.0 Å². The minimum atomic E-state index is -0.112. The summed E-state index contributed by atoms with van der Waals surface area (Å²) >= 11 is 0. The van der Waals surface area contributed by atoms with Crippen molar-refractivity contribution in [3.05, 3.63) is 59.1 Å². The number of carbonyl (C=O) groups excluding carboxylic acids is 2. The fraction of sp³-hybridized carbons (Fsp3) is 0.176. The minimum absolute atomic E-state index is 0.0877. The number of hydrogen-bond acceptors (Lipinski definition) is 3. The lowest BCUT2D eigenvalue weighted by atomic mass is 10.1. The van der Waals surface area contributed by atoms with Crippen LogP contribution in [-0.2, 0) is 4.79 Å². The molecule has 2 rings (SSSR count). The third-order valence-electron chi connectivity index (χ3n) is 2.96. The SMILES string of the molecule is CC(=O)Nc1ccc(/C=C/C(=O)c2cc(C)oc2C)cc1. The molecule has 0 aliphatic rings. The number of amides is 1. The lowest BCUT2D eigenvalue weighted by Gasteiger charge is -2.01. The Morgan fingerprint density at radius 3 is 2.33 bits per heavy atom. The van der Waals surface area contributed by atoms with Gasteiger partial charge >= 0.3 is 0 Å². The first-order valence-electron chi connectivity index (χ1n) is 6.63. The van der Waals surface area contributed by atoms with E-state index >= 15 is 0 Å². The minimum Gasteiger partial charge on any atom is -0.466 e. The highest BCUT2D eigenvalue weighted by molar-refractivity contribution is 6.07. The van der Waals surface area contributed by atoms with Gasteiger partial charge in [0.1, 0.15) is 11.5 Å². The second kappa shape index (κ2) is 6.22. The van der Waals surface area contributed by atoms with Crippen LogP contribution in [0.2, 0.25) is 0 Å². The number of furan rings is 1. The Labute approximate surface area is 123 Å². The van der Waals surface area contributed by atoms with Gasteiger partial charge in [-0.25, -0.2) is 0 Å². The molecule has 0 atom stereocenters. The largest absolute Gasteiger partial charge is 0.466 e. The van der Waals surface area contributed by atoms with E-state index in [1.54, 1.807) is 31.2 Å². The van der Waals surface area contributed by atoms with Crippen molar-refractivity contribution in [2.75, 3.05) is 5.32 Å². The molecule has 1 aromatic carbocycles. The van der Waals surface area contributed by atoms with E-state index in [9.17, 15) is 9.59 Å². The standard InChI is InChI=1S/C17H17NO3/c1-11-10-16(12(2)21-11)17(20)9-6-14-4-7-15(8-5-14)18-13(3)19/h4-10H,1-3H3,(H,18,19)/b9-6+. The van der Waals surface area contributed by atoms with Gasteiger partial charge in [-0.3, -0.25) is 9.59 Å². The summed E-state index contributed by atoms with van der Waals surface area (Å²) in [5, 5.41) is 2.69. The molecule has 1 N–H and O–H groups in total. The number of anilines is 1. The van der Waals surface area contributed by atoms with Gasteiger partial charge in [-0.15, -0.1) is 0 Å². The molecule has 108 valence electrons. The number of rotatable bonds is 4. The second-order valence-corrected chi connectivity index (χ2v) is 4.83.